The number of aromatic nitrogens is 2. The zero-order valence-electron chi connectivity index (χ0n) is 5.95. The first-order valence-corrected chi connectivity index (χ1v) is 3.35. The van der Waals surface area contributed by atoms with Crippen LogP contribution in [0, 0.1) is 0 Å². The van der Waals surface area contributed by atoms with E-state index < -0.39 is 0 Å². The summed E-state index contributed by atoms with van der Waals surface area (Å²) in [6.07, 6.45) is 2.34. The zero-order valence-corrected chi connectivity index (χ0v) is 5.95. The molecule has 0 aliphatic heterocycles. The van der Waals surface area contributed by atoms with Gasteiger partial charge in [0.05, 0.1) is 5.92 Å². The number of nitrogens with two attached hydrogens (primary N) is 1. The predicted octanol–water partition coefficient (Wildman–Crippen LogP) is 0.522. The van der Waals surface area contributed by atoms with E-state index in [2.05, 4.69) is 10.1 Å². The molecule has 1 atom stereocenters. The van der Waals surface area contributed by atoms with Crippen molar-refractivity contribution in [3.63, 3.8) is 0 Å². The van der Waals surface area contributed by atoms with Crippen molar-refractivity contribution in [2.75, 3.05) is 6.54 Å². The Morgan fingerprint density at radius 1 is 1.80 bits per heavy atom. The fourth-order valence-electron chi connectivity index (χ4n) is 0.804. The van der Waals surface area contributed by atoms with E-state index in [4.69, 9.17) is 10.3 Å². The molecule has 1 aromatic heterocycles. The first kappa shape index (κ1) is 7.21. The molecule has 1 heterocycles. The Balaban J connectivity index is 2.64. The maximum absolute atomic E-state index is 5.45. The molecule has 0 saturated heterocycles. The molecule has 0 aromatic carbocycles. The van der Waals surface area contributed by atoms with E-state index in [1.165, 1.54) is 6.33 Å². The van der Waals surface area contributed by atoms with Gasteiger partial charge in [0.25, 0.3) is 0 Å². The van der Waals surface area contributed by atoms with Crippen molar-refractivity contribution in [1.29, 1.82) is 0 Å². The summed E-state index contributed by atoms with van der Waals surface area (Å²) in [6, 6.07) is 0. The molecule has 0 amide bonds. The van der Waals surface area contributed by atoms with Crippen molar-refractivity contribution in [2.24, 2.45) is 5.73 Å². The number of rotatable bonds is 3. The van der Waals surface area contributed by atoms with Gasteiger partial charge >= 0.3 is 0 Å². The third-order valence-corrected chi connectivity index (χ3v) is 1.50. The third kappa shape index (κ3) is 1.33. The Kier molecular flexibility index (Phi) is 2.39. The summed E-state index contributed by atoms with van der Waals surface area (Å²) in [7, 11) is 0. The average Bonchev–Trinajstić information content (AvgIpc) is 2.43. The van der Waals surface area contributed by atoms with Gasteiger partial charge in [-0.2, -0.15) is 4.98 Å². The van der Waals surface area contributed by atoms with Crippen LogP contribution < -0.4 is 5.73 Å². The van der Waals surface area contributed by atoms with Gasteiger partial charge in [-0.25, -0.2) is 0 Å². The second-order valence-electron chi connectivity index (χ2n) is 2.12. The van der Waals surface area contributed by atoms with Crippen molar-refractivity contribution < 1.29 is 4.52 Å². The molecule has 0 aliphatic rings. The molecule has 1 aromatic rings. The summed E-state index contributed by atoms with van der Waals surface area (Å²) in [6.45, 7) is 2.61. The van der Waals surface area contributed by atoms with Crippen LogP contribution >= 0.6 is 0 Å². The molecule has 0 aliphatic carbocycles. The molecular weight excluding hydrogens is 130 g/mol. The largest absolute Gasteiger partial charge is 0.339 e. The van der Waals surface area contributed by atoms with Crippen molar-refractivity contribution >= 4 is 0 Å². The van der Waals surface area contributed by atoms with E-state index in [0.717, 1.165) is 6.42 Å². The zero-order chi connectivity index (χ0) is 7.40. The summed E-state index contributed by atoms with van der Waals surface area (Å²) in [4.78, 5) is 3.90. The van der Waals surface area contributed by atoms with E-state index in [9.17, 15) is 0 Å². The summed E-state index contributed by atoms with van der Waals surface area (Å²) >= 11 is 0. The minimum atomic E-state index is 0.225. The summed E-state index contributed by atoms with van der Waals surface area (Å²) in [5.41, 5.74) is 5.45. The highest BCUT2D eigenvalue weighted by Gasteiger charge is 2.11. The molecule has 4 heteroatoms. The first-order chi connectivity index (χ1) is 4.88. The molecule has 0 radical (unpaired) electrons. The van der Waals surface area contributed by atoms with E-state index in [0.29, 0.717) is 12.4 Å². The SMILES string of the molecule is CCC(CN)c1ncno1. The molecule has 0 bridgehead atoms. The van der Waals surface area contributed by atoms with Crippen LogP contribution in [0.15, 0.2) is 10.9 Å². The molecule has 0 saturated carbocycles. The van der Waals surface area contributed by atoms with Crippen molar-refractivity contribution in [2.45, 2.75) is 19.3 Å². The van der Waals surface area contributed by atoms with E-state index in [1.807, 2.05) is 6.92 Å². The predicted molar refractivity (Wildman–Crippen MR) is 36.4 cm³/mol. The number of nitrogens with zero attached hydrogens (tertiary/aromatic N) is 2. The van der Waals surface area contributed by atoms with Gasteiger partial charge in [-0.3, -0.25) is 0 Å². The van der Waals surface area contributed by atoms with Crippen LogP contribution in [0.3, 0.4) is 0 Å². The summed E-state index contributed by atoms with van der Waals surface area (Å²) < 4.78 is 4.84. The Labute approximate surface area is 59.4 Å². The Bertz CT molecular complexity index is 169. The lowest BCUT2D eigenvalue weighted by atomic mass is 10.1. The van der Waals surface area contributed by atoms with E-state index in [-0.39, 0.29) is 5.92 Å². The van der Waals surface area contributed by atoms with Crippen LogP contribution in [0.1, 0.15) is 25.2 Å². The smallest absolute Gasteiger partial charge is 0.230 e. The maximum atomic E-state index is 5.45. The van der Waals surface area contributed by atoms with Crippen LogP contribution in [-0.4, -0.2) is 16.7 Å². The second kappa shape index (κ2) is 3.31. The lowest BCUT2D eigenvalue weighted by Crippen LogP contribution is -2.11. The van der Waals surface area contributed by atoms with Crippen molar-refractivity contribution in [1.82, 2.24) is 10.1 Å². The topological polar surface area (TPSA) is 64.9 Å². The standard InChI is InChI=1S/C6H11N3O/c1-2-5(3-7)6-8-4-9-10-6/h4-5H,2-3,7H2,1H3. The molecule has 0 spiro atoms. The lowest BCUT2D eigenvalue weighted by molar-refractivity contribution is 0.350. The normalized spacial score (nSPS) is 13.4. The van der Waals surface area contributed by atoms with Crippen LogP contribution in [0.4, 0.5) is 0 Å². The average molecular weight is 141 g/mol. The van der Waals surface area contributed by atoms with Crippen LogP contribution in [0.5, 0.6) is 0 Å². The molecule has 2 N–H and O–H groups in total. The quantitative estimate of drug-likeness (QED) is 0.666. The number of hydrogen-bond donors (Lipinski definition) is 1. The molecule has 4 nitrogen and oxygen atoms in total. The molecule has 1 rings (SSSR count). The van der Waals surface area contributed by atoms with Gasteiger partial charge in [0.2, 0.25) is 5.89 Å². The first-order valence-electron chi connectivity index (χ1n) is 3.35. The maximum Gasteiger partial charge on any atom is 0.230 e. The summed E-state index contributed by atoms with van der Waals surface area (Å²) in [5.74, 6) is 0.868. The Hall–Kier alpha value is -0.900. The third-order valence-electron chi connectivity index (χ3n) is 1.50. The van der Waals surface area contributed by atoms with Crippen molar-refractivity contribution in [3.8, 4) is 0 Å². The minimum Gasteiger partial charge on any atom is -0.339 e. The highest BCUT2D eigenvalue weighted by molar-refractivity contribution is 4.88. The summed E-state index contributed by atoms with van der Waals surface area (Å²) in [5, 5.41) is 3.50. The van der Waals surface area contributed by atoms with Crippen LogP contribution in [0.2, 0.25) is 0 Å². The Morgan fingerprint density at radius 3 is 3.00 bits per heavy atom. The van der Waals surface area contributed by atoms with E-state index >= 15 is 0 Å². The van der Waals surface area contributed by atoms with Crippen LogP contribution in [-0.2, 0) is 0 Å². The second-order valence-corrected chi connectivity index (χ2v) is 2.12. The molecule has 1 unspecified atom stereocenters. The van der Waals surface area contributed by atoms with Gasteiger partial charge in [-0.1, -0.05) is 12.1 Å². The lowest BCUT2D eigenvalue weighted by Gasteiger charge is -2.03. The molecule has 10 heavy (non-hydrogen) atoms. The van der Waals surface area contributed by atoms with Gasteiger partial charge in [0, 0.05) is 6.54 Å². The van der Waals surface area contributed by atoms with Gasteiger partial charge in [-0.05, 0) is 6.42 Å². The monoisotopic (exact) mass is 141 g/mol. The highest BCUT2D eigenvalue weighted by Crippen LogP contribution is 2.13. The molecule has 56 valence electrons. The van der Waals surface area contributed by atoms with Gasteiger partial charge in [0.1, 0.15) is 0 Å². The molecular formula is C6H11N3O. The van der Waals surface area contributed by atoms with Crippen molar-refractivity contribution in [3.05, 3.63) is 12.2 Å². The molecule has 0 fully saturated rings. The fraction of sp³-hybridized carbons (Fsp3) is 0.667. The Morgan fingerprint density at radius 2 is 2.60 bits per heavy atom. The van der Waals surface area contributed by atoms with Gasteiger partial charge in [0.15, 0.2) is 6.33 Å². The fourth-order valence-corrected chi connectivity index (χ4v) is 0.804. The van der Waals surface area contributed by atoms with Gasteiger partial charge < -0.3 is 10.3 Å². The van der Waals surface area contributed by atoms with Gasteiger partial charge in [-0.15, -0.1) is 0 Å². The van der Waals surface area contributed by atoms with Crippen LogP contribution in [0.25, 0.3) is 0 Å². The minimum absolute atomic E-state index is 0.225. The highest BCUT2D eigenvalue weighted by atomic mass is 16.5. The number of hydrogen-bond acceptors (Lipinski definition) is 4. The van der Waals surface area contributed by atoms with E-state index in [1.54, 1.807) is 0 Å².